The summed E-state index contributed by atoms with van der Waals surface area (Å²) in [5, 5.41) is 11.5. The van der Waals surface area contributed by atoms with Gasteiger partial charge in [-0.1, -0.05) is 18.2 Å². The topological polar surface area (TPSA) is 89.5 Å². The number of carbonyl (C=O) groups excluding carboxylic acids is 1. The lowest BCUT2D eigenvalue weighted by Crippen LogP contribution is -2.57. The quantitative estimate of drug-likeness (QED) is 0.222. The molecule has 0 saturated carbocycles. The van der Waals surface area contributed by atoms with Crippen LogP contribution in [0.2, 0.25) is 5.02 Å². The fourth-order valence-corrected chi connectivity index (χ4v) is 3.55. The van der Waals surface area contributed by atoms with Crippen LogP contribution in [0.15, 0.2) is 36.6 Å². The lowest BCUT2D eigenvalue weighted by atomic mass is 10.2. The van der Waals surface area contributed by atoms with Crippen LogP contribution < -0.4 is 9.62 Å². The van der Waals surface area contributed by atoms with Gasteiger partial charge < -0.3 is 9.85 Å². The van der Waals surface area contributed by atoms with Crippen LogP contribution in [0.25, 0.3) is 0 Å². The molecule has 1 aromatic rings. The molecule has 0 aromatic heterocycles. The molecule has 1 aliphatic heterocycles. The second kappa shape index (κ2) is 8.11. The molecule has 0 aliphatic carbocycles. The number of carbonyl (C=O) groups is 1. The van der Waals surface area contributed by atoms with Gasteiger partial charge in [-0.3, -0.25) is 14.4 Å². The third-order valence-electron chi connectivity index (χ3n) is 3.79. The van der Waals surface area contributed by atoms with E-state index in [9.17, 15) is 36.0 Å². The van der Waals surface area contributed by atoms with E-state index in [1.165, 1.54) is 0 Å². The first-order chi connectivity index (χ1) is 13.2. The smallest absolute Gasteiger partial charge is 0.467 e. The van der Waals surface area contributed by atoms with Crippen molar-refractivity contribution in [2.24, 2.45) is 0 Å². The summed E-state index contributed by atoms with van der Waals surface area (Å²) in [7, 11) is -4.06. The van der Waals surface area contributed by atoms with Gasteiger partial charge in [0.05, 0.1) is 22.5 Å². The molecule has 1 heterocycles. The van der Waals surface area contributed by atoms with Crippen LogP contribution in [-0.4, -0.2) is 43.6 Å². The molecule has 2 rings (SSSR count). The van der Waals surface area contributed by atoms with Crippen molar-refractivity contribution in [1.82, 2.24) is 0 Å². The van der Waals surface area contributed by atoms with Crippen LogP contribution in [0.5, 0.6) is 0 Å². The van der Waals surface area contributed by atoms with Gasteiger partial charge in [-0.15, -0.1) is 11.6 Å². The first-order valence-electron chi connectivity index (χ1n) is 7.59. The highest BCUT2D eigenvalue weighted by Gasteiger charge is 2.50. The van der Waals surface area contributed by atoms with Crippen LogP contribution in [0.1, 0.15) is 0 Å². The summed E-state index contributed by atoms with van der Waals surface area (Å²) >= 11 is 11.0. The number of nitrogens with one attached hydrogen (secondary N) is 1. The van der Waals surface area contributed by atoms with Crippen molar-refractivity contribution in [3.8, 4) is 0 Å². The zero-order valence-electron chi connectivity index (χ0n) is 14.3. The number of rotatable bonds is 6. The van der Waals surface area contributed by atoms with Gasteiger partial charge in [0.1, 0.15) is 17.6 Å². The Morgan fingerprint density at radius 1 is 1.38 bits per heavy atom. The van der Waals surface area contributed by atoms with Crippen molar-refractivity contribution >= 4 is 50.5 Å². The van der Waals surface area contributed by atoms with Crippen molar-refractivity contribution in [3.63, 3.8) is 0 Å². The van der Waals surface area contributed by atoms with Crippen LogP contribution in [0, 0.1) is 11.0 Å². The molecule has 0 spiro atoms. The molecule has 160 valence electrons. The Morgan fingerprint density at radius 3 is 2.52 bits per heavy atom. The Bertz CT molecular complexity index is 985. The van der Waals surface area contributed by atoms with Gasteiger partial charge in [0.2, 0.25) is 15.7 Å². The number of hydrogen-bond acceptors (Lipinski definition) is 4. The first kappa shape index (κ1) is 23.4. The van der Waals surface area contributed by atoms with Crippen molar-refractivity contribution in [3.05, 3.63) is 52.6 Å². The molecular weight excluding hydrogens is 465 g/mol. The molecule has 0 fully saturated rings. The number of halogens is 6. The van der Waals surface area contributed by atoms with E-state index in [0.717, 1.165) is 12.1 Å². The molecule has 0 radical (unpaired) electrons. The summed E-state index contributed by atoms with van der Waals surface area (Å²) in [5.74, 6) is -2.48. The predicted molar refractivity (Wildman–Crippen MR) is 99.9 cm³/mol. The van der Waals surface area contributed by atoms with E-state index in [2.05, 4.69) is 6.58 Å². The summed E-state index contributed by atoms with van der Waals surface area (Å²) in [5.41, 5.74) is -2.70. The van der Waals surface area contributed by atoms with E-state index in [0.29, 0.717) is 11.0 Å². The summed E-state index contributed by atoms with van der Waals surface area (Å²) < 4.78 is 77.2. The largest absolute Gasteiger partial charge is 0.626 e. The maximum absolute atomic E-state index is 14.4. The molecule has 29 heavy (non-hydrogen) atoms. The van der Waals surface area contributed by atoms with E-state index in [1.807, 2.05) is 4.72 Å². The Morgan fingerprint density at radius 2 is 2.00 bits per heavy atom. The van der Waals surface area contributed by atoms with Gasteiger partial charge in [0, 0.05) is 0 Å². The van der Waals surface area contributed by atoms with Crippen LogP contribution in [0.4, 0.5) is 28.9 Å². The Hall–Kier alpha value is -1.86. The van der Waals surface area contributed by atoms with E-state index in [4.69, 9.17) is 23.2 Å². The monoisotopic (exact) mass is 477 g/mol. The highest BCUT2D eigenvalue weighted by atomic mass is 35.5. The molecule has 7 nitrogen and oxygen atoms in total. The third-order valence-corrected chi connectivity index (χ3v) is 5.78. The molecule has 0 bridgehead atoms. The van der Waals surface area contributed by atoms with E-state index in [1.54, 1.807) is 0 Å². The number of allylic oxidation sites excluding steroid dienone is 1. The summed E-state index contributed by atoms with van der Waals surface area (Å²) in [6.45, 7) is 1.35. The number of sulfonamides is 1. The van der Waals surface area contributed by atoms with Crippen LogP contribution in [-0.2, 0) is 14.8 Å². The van der Waals surface area contributed by atoms with Crippen LogP contribution in [0.3, 0.4) is 0 Å². The van der Waals surface area contributed by atoms with E-state index in [-0.39, 0.29) is 11.8 Å². The fraction of sp³-hybridized carbons (Fsp3) is 0.267. The number of alkyl halides is 4. The summed E-state index contributed by atoms with van der Waals surface area (Å²) in [6, 6.07) is 1.43. The molecule has 1 atom stereocenters. The highest BCUT2D eigenvalue weighted by molar-refractivity contribution is 7.93. The molecular formula is C15H13Cl2F4N3O4S. The molecule has 1 unspecified atom stereocenters. The third kappa shape index (κ3) is 5.01. The second-order valence-corrected chi connectivity index (χ2v) is 8.62. The van der Waals surface area contributed by atoms with Crippen molar-refractivity contribution in [1.29, 1.82) is 0 Å². The van der Waals surface area contributed by atoms with Gasteiger partial charge in [0.25, 0.3) is 5.91 Å². The lowest BCUT2D eigenvalue weighted by Gasteiger charge is -2.47. The van der Waals surface area contributed by atoms with Gasteiger partial charge >= 0.3 is 6.18 Å². The molecule has 1 amide bonds. The van der Waals surface area contributed by atoms with Gasteiger partial charge in [0.15, 0.2) is 6.67 Å². The maximum Gasteiger partial charge on any atom is 0.467 e. The SMILES string of the molecule is C=CC[N+]1([O-])CN(c2cc(NS(=O)(=O)CCl)c(Cl)cc2F)C(=O)C=C1C(F)(F)F. The van der Waals surface area contributed by atoms with Crippen molar-refractivity contribution < 1.29 is 35.4 Å². The average Bonchev–Trinajstić information content (AvgIpc) is 2.58. The van der Waals surface area contributed by atoms with Crippen LogP contribution >= 0.6 is 23.2 Å². The predicted octanol–water partition coefficient (Wildman–Crippen LogP) is 3.67. The normalized spacial score (nSPS) is 20.4. The summed E-state index contributed by atoms with van der Waals surface area (Å²) in [6.07, 6.45) is -4.11. The Labute approximate surface area is 173 Å². The second-order valence-electron chi connectivity index (χ2n) is 5.90. The number of nitrogens with zero attached hydrogens (tertiary/aromatic N) is 2. The average molecular weight is 478 g/mol. The van der Waals surface area contributed by atoms with Gasteiger partial charge in [-0.25, -0.2) is 12.8 Å². The van der Waals surface area contributed by atoms with Crippen molar-refractivity contribution in [2.75, 3.05) is 28.0 Å². The molecule has 1 N–H and O–H groups in total. The zero-order valence-corrected chi connectivity index (χ0v) is 16.7. The number of amides is 1. The standard InChI is InChI=1S/C15H13Cl2F4N3O4S/c1-2-3-24(26)8-23(14(25)6-13(24)15(19,20)21)12-5-11(9(17)4-10(12)18)22-29(27,28)7-16/h2,4-6,22H,1,3,7-8H2. The molecule has 1 aromatic carbocycles. The fourth-order valence-electron chi connectivity index (χ4n) is 2.58. The first-order valence-corrected chi connectivity index (χ1v) is 10.2. The minimum Gasteiger partial charge on any atom is -0.626 e. The number of quaternary nitrogens is 1. The van der Waals surface area contributed by atoms with E-state index >= 15 is 0 Å². The highest BCUT2D eigenvalue weighted by Crippen LogP contribution is 2.39. The lowest BCUT2D eigenvalue weighted by molar-refractivity contribution is -0.846. The number of hydroxylamine groups is 3. The molecule has 1 aliphatic rings. The number of hydrogen-bond donors (Lipinski definition) is 1. The van der Waals surface area contributed by atoms with Gasteiger partial charge in [-0.05, 0) is 18.2 Å². The van der Waals surface area contributed by atoms with Gasteiger partial charge in [-0.2, -0.15) is 13.2 Å². The molecule has 0 saturated heterocycles. The Balaban J connectivity index is 2.58. The number of anilines is 2. The minimum atomic E-state index is -5.10. The minimum absolute atomic E-state index is 0.0661. The summed E-state index contributed by atoms with van der Waals surface area (Å²) in [4.78, 5) is 12.7. The molecule has 14 heteroatoms. The maximum atomic E-state index is 14.4. The Kier molecular flexibility index (Phi) is 6.55. The number of benzene rings is 1. The van der Waals surface area contributed by atoms with Crippen molar-refractivity contribution in [2.45, 2.75) is 6.18 Å². The zero-order chi connectivity index (χ0) is 22.2. The van der Waals surface area contributed by atoms with E-state index < -0.39 is 67.4 Å².